The number of benzene rings is 2. The summed E-state index contributed by atoms with van der Waals surface area (Å²) < 4.78 is 0. The summed E-state index contributed by atoms with van der Waals surface area (Å²) in [7, 11) is 0. The molecule has 0 saturated heterocycles. The summed E-state index contributed by atoms with van der Waals surface area (Å²) in [6.07, 6.45) is 1.34. The minimum absolute atomic E-state index is 0.760. The average molecular weight is 359 g/mol. The first-order valence-electron chi connectivity index (χ1n) is 10.3. The molecule has 0 heteroatoms. The Balaban J connectivity index is 2.18. The van der Waals surface area contributed by atoms with Gasteiger partial charge in [0, 0.05) is 11.1 Å². The van der Waals surface area contributed by atoms with E-state index < -0.39 is 0 Å². The lowest BCUT2D eigenvalue weighted by molar-refractivity contribution is 0.896. The second kappa shape index (κ2) is 6.87. The van der Waals surface area contributed by atoms with E-state index in [1.54, 1.807) is 5.56 Å². The third-order valence-corrected chi connectivity index (χ3v) is 7.48. The molecule has 2 aromatic rings. The molecule has 0 nitrogen and oxygen atoms in total. The summed E-state index contributed by atoms with van der Waals surface area (Å²) in [5.74, 6) is 8.74. The molecule has 0 spiro atoms. The lowest BCUT2D eigenvalue weighted by atomic mass is 9.86. The van der Waals surface area contributed by atoms with Gasteiger partial charge in [0.2, 0.25) is 0 Å². The second-order valence-electron chi connectivity index (χ2n) is 8.86. The Bertz CT molecular complexity index is 947. The highest BCUT2D eigenvalue weighted by molar-refractivity contribution is 5.62. The fourth-order valence-electron chi connectivity index (χ4n) is 4.62. The van der Waals surface area contributed by atoms with E-state index in [1.807, 2.05) is 0 Å². The summed E-state index contributed by atoms with van der Waals surface area (Å²) >= 11 is 0. The summed E-state index contributed by atoms with van der Waals surface area (Å²) in [5.41, 5.74) is 16.5. The van der Waals surface area contributed by atoms with Gasteiger partial charge in [0.25, 0.3) is 0 Å². The molecule has 0 heterocycles. The van der Waals surface area contributed by atoms with E-state index >= 15 is 0 Å². The molecule has 27 heavy (non-hydrogen) atoms. The minimum Gasteiger partial charge on any atom is -0.0619 e. The Morgan fingerprint density at radius 1 is 0.519 bits per heavy atom. The monoisotopic (exact) mass is 358 g/mol. The van der Waals surface area contributed by atoms with Crippen LogP contribution in [0.2, 0.25) is 0 Å². The highest BCUT2D eigenvalue weighted by Gasteiger charge is 2.37. The summed E-state index contributed by atoms with van der Waals surface area (Å²) in [4.78, 5) is 0. The van der Waals surface area contributed by atoms with Crippen LogP contribution in [0.5, 0.6) is 0 Å². The molecular formula is C27H34. The van der Waals surface area contributed by atoms with Gasteiger partial charge in [-0.25, -0.2) is 0 Å². The van der Waals surface area contributed by atoms with Crippen LogP contribution in [0.4, 0.5) is 0 Å². The van der Waals surface area contributed by atoms with Crippen LogP contribution in [0.1, 0.15) is 86.0 Å². The van der Waals surface area contributed by atoms with Crippen LogP contribution >= 0.6 is 0 Å². The van der Waals surface area contributed by atoms with Gasteiger partial charge in [0.05, 0.1) is 0 Å². The molecular weight excluding hydrogens is 324 g/mol. The van der Waals surface area contributed by atoms with Crippen molar-refractivity contribution in [2.24, 2.45) is 5.92 Å². The molecule has 1 saturated carbocycles. The van der Waals surface area contributed by atoms with Crippen molar-refractivity contribution in [1.29, 1.82) is 0 Å². The lowest BCUT2D eigenvalue weighted by Gasteiger charge is -2.18. The standard InChI is InChI=1S/C27H34/c1-14-13-26(14)27-22(9)20(7)25(21(8)23(27)10)12-11-24-18(5)16(3)15(2)17(4)19(24)6/h14,26H,13H2,1-10H3. The van der Waals surface area contributed by atoms with Gasteiger partial charge in [-0.2, -0.15) is 0 Å². The fourth-order valence-corrected chi connectivity index (χ4v) is 4.62. The van der Waals surface area contributed by atoms with Crippen molar-refractivity contribution in [3.8, 4) is 11.8 Å². The van der Waals surface area contributed by atoms with E-state index in [4.69, 9.17) is 0 Å². The quantitative estimate of drug-likeness (QED) is 0.482. The predicted molar refractivity (Wildman–Crippen MR) is 118 cm³/mol. The van der Waals surface area contributed by atoms with E-state index in [0.29, 0.717) is 0 Å². The average Bonchev–Trinajstić information content (AvgIpc) is 3.35. The van der Waals surface area contributed by atoms with Crippen molar-refractivity contribution in [3.05, 3.63) is 66.8 Å². The first-order valence-corrected chi connectivity index (χ1v) is 10.3. The van der Waals surface area contributed by atoms with Gasteiger partial charge >= 0.3 is 0 Å². The number of rotatable bonds is 1. The third-order valence-electron chi connectivity index (χ3n) is 7.48. The zero-order chi connectivity index (χ0) is 20.2. The molecule has 142 valence electrons. The molecule has 2 atom stereocenters. The Hall–Kier alpha value is -2.00. The minimum atomic E-state index is 0.760. The smallest absolute Gasteiger partial charge is 0.0312 e. The Morgan fingerprint density at radius 3 is 1.15 bits per heavy atom. The van der Waals surface area contributed by atoms with E-state index in [-0.39, 0.29) is 0 Å². The summed E-state index contributed by atoms with van der Waals surface area (Å²) in [6, 6.07) is 0. The Kier molecular flexibility index (Phi) is 5.02. The normalized spacial score (nSPS) is 18.3. The van der Waals surface area contributed by atoms with Crippen LogP contribution in [0.25, 0.3) is 0 Å². The Morgan fingerprint density at radius 2 is 0.815 bits per heavy atom. The molecule has 0 aliphatic heterocycles. The highest BCUT2D eigenvalue weighted by Crippen LogP contribution is 2.50. The van der Waals surface area contributed by atoms with Gasteiger partial charge in [-0.15, -0.1) is 0 Å². The van der Waals surface area contributed by atoms with Gasteiger partial charge in [0.1, 0.15) is 0 Å². The first kappa shape index (κ1) is 19.8. The maximum atomic E-state index is 3.58. The molecule has 2 aromatic carbocycles. The van der Waals surface area contributed by atoms with Gasteiger partial charge in [-0.05, 0) is 136 Å². The second-order valence-corrected chi connectivity index (χ2v) is 8.86. The van der Waals surface area contributed by atoms with Crippen LogP contribution in [-0.4, -0.2) is 0 Å². The lowest BCUT2D eigenvalue weighted by Crippen LogP contribution is -2.03. The molecule has 0 aromatic heterocycles. The van der Waals surface area contributed by atoms with Gasteiger partial charge in [-0.3, -0.25) is 0 Å². The summed E-state index contributed by atoms with van der Waals surface area (Å²) in [6.45, 7) is 22.6. The zero-order valence-electron chi connectivity index (χ0n) is 18.9. The third kappa shape index (κ3) is 3.12. The molecule has 2 unspecified atom stereocenters. The van der Waals surface area contributed by atoms with Gasteiger partial charge in [-0.1, -0.05) is 18.8 Å². The van der Waals surface area contributed by atoms with Gasteiger partial charge in [0.15, 0.2) is 0 Å². The number of hydrogen-bond donors (Lipinski definition) is 0. The molecule has 1 aliphatic rings. The van der Waals surface area contributed by atoms with Crippen LogP contribution in [0.15, 0.2) is 0 Å². The topological polar surface area (TPSA) is 0 Å². The van der Waals surface area contributed by atoms with Crippen molar-refractivity contribution in [2.45, 2.75) is 81.6 Å². The summed E-state index contributed by atoms with van der Waals surface area (Å²) in [5, 5.41) is 0. The fraction of sp³-hybridized carbons (Fsp3) is 0.481. The van der Waals surface area contributed by atoms with E-state index in [0.717, 1.165) is 11.8 Å². The Labute approximate surface area is 166 Å². The van der Waals surface area contributed by atoms with E-state index in [2.05, 4.69) is 81.1 Å². The maximum Gasteiger partial charge on any atom is 0.0312 e. The molecule has 0 bridgehead atoms. The SMILES string of the molecule is Cc1c(C)c(C)c(C#Cc2c(C)c(C)c(C3CC3C)c(C)c2C)c(C)c1C. The largest absolute Gasteiger partial charge is 0.0619 e. The molecule has 1 fully saturated rings. The van der Waals surface area contributed by atoms with Crippen LogP contribution in [0, 0.1) is 80.1 Å². The molecule has 0 amide bonds. The van der Waals surface area contributed by atoms with Crippen LogP contribution in [0.3, 0.4) is 0 Å². The van der Waals surface area contributed by atoms with Crippen molar-refractivity contribution >= 4 is 0 Å². The predicted octanol–water partition coefficient (Wildman–Crippen LogP) is 6.99. The van der Waals surface area contributed by atoms with Crippen molar-refractivity contribution in [1.82, 2.24) is 0 Å². The molecule has 0 N–H and O–H groups in total. The number of hydrogen-bond acceptors (Lipinski definition) is 0. The van der Waals surface area contributed by atoms with E-state index in [9.17, 15) is 0 Å². The molecule has 3 rings (SSSR count). The van der Waals surface area contributed by atoms with Crippen LogP contribution in [-0.2, 0) is 0 Å². The first-order chi connectivity index (χ1) is 12.6. The zero-order valence-corrected chi connectivity index (χ0v) is 18.9. The van der Waals surface area contributed by atoms with E-state index in [1.165, 1.54) is 67.6 Å². The molecule has 0 radical (unpaired) electrons. The highest BCUT2D eigenvalue weighted by atomic mass is 14.4. The van der Waals surface area contributed by atoms with Crippen LogP contribution < -0.4 is 0 Å². The van der Waals surface area contributed by atoms with Crippen molar-refractivity contribution in [3.63, 3.8) is 0 Å². The van der Waals surface area contributed by atoms with Crippen molar-refractivity contribution < 1.29 is 0 Å². The molecule has 1 aliphatic carbocycles. The maximum absolute atomic E-state index is 3.58. The van der Waals surface area contributed by atoms with Gasteiger partial charge < -0.3 is 0 Å². The van der Waals surface area contributed by atoms with Crippen molar-refractivity contribution in [2.75, 3.05) is 0 Å².